The zero-order valence-electron chi connectivity index (χ0n) is 50.3. The molecule has 0 N–H and O–H groups in total. The minimum atomic E-state index is -0.246. The summed E-state index contributed by atoms with van der Waals surface area (Å²) in [6.07, 6.45) is 4.26. The second-order valence-electron chi connectivity index (χ2n) is 26.8. The number of anilines is 2. The van der Waals surface area contributed by atoms with Crippen LogP contribution in [0.25, 0.3) is 38.8 Å². The van der Waals surface area contributed by atoms with Gasteiger partial charge >= 0.3 is 0 Å². The summed E-state index contributed by atoms with van der Waals surface area (Å²) < 4.78 is 9.48. The number of rotatable bonds is 12. The molecule has 6 heteroatoms. The van der Waals surface area contributed by atoms with Crippen molar-refractivity contribution in [2.75, 3.05) is 9.80 Å². The molecule has 0 saturated carbocycles. The molecule has 0 amide bonds. The van der Waals surface area contributed by atoms with Gasteiger partial charge in [0.2, 0.25) is 0 Å². The Morgan fingerprint density at radius 1 is 0.500 bits per heavy atom. The van der Waals surface area contributed by atoms with Crippen LogP contribution < -0.4 is 14.5 Å². The first-order valence-corrected chi connectivity index (χ1v) is 28.5. The molecule has 9 aromatic rings. The van der Waals surface area contributed by atoms with E-state index in [-0.39, 0.29) is 60.0 Å². The van der Waals surface area contributed by atoms with Crippen molar-refractivity contribution in [2.24, 2.45) is 5.41 Å². The maximum Gasteiger partial charge on any atom is 0.135 e. The van der Waals surface area contributed by atoms with Gasteiger partial charge in [-0.15, -0.1) is 53.6 Å². The Bertz CT molecular complexity index is 3720. The molecule has 5 nitrogen and oxygen atoms in total. The molecule has 2 aromatic heterocycles. The monoisotopic (exact) mass is 1240 g/mol. The van der Waals surface area contributed by atoms with Crippen LogP contribution in [-0.4, -0.2) is 9.55 Å². The maximum atomic E-state index is 7.21. The first-order valence-electron chi connectivity index (χ1n) is 28.5. The molecule has 0 aliphatic carbocycles. The van der Waals surface area contributed by atoms with Crippen molar-refractivity contribution >= 4 is 33.2 Å². The number of aromatic nitrogens is 2. The number of hydrogen-bond donors (Lipinski definition) is 0. The molecule has 7 aromatic carbocycles. The molecule has 10 rings (SSSR count). The molecule has 0 atom stereocenters. The number of fused-ring (bicyclic) bond motifs is 3. The van der Waals surface area contributed by atoms with E-state index in [4.69, 9.17) is 9.72 Å². The normalized spacial score (nSPS) is 13.7. The van der Waals surface area contributed by atoms with Crippen molar-refractivity contribution in [3.05, 3.63) is 233 Å². The van der Waals surface area contributed by atoms with Crippen molar-refractivity contribution < 1.29 is 25.8 Å². The van der Waals surface area contributed by atoms with E-state index in [1.54, 1.807) is 0 Å². The van der Waals surface area contributed by atoms with Crippen LogP contribution in [0.4, 0.5) is 11.4 Å². The minimum absolute atomic E-state index is 0. The number of allylic oxidation sites excluding steroid dienone is 1. The van der Waals surface area contributed by atoms with E-state index in [0.29, 0.717) is 11.5 Å². The third kappa shape index (κ3) is 11.2. The van der Waals surface area contributed by atoms with Gasteiger partial charge in [0, 0.05) is 71.9 Å². The van der Waals surface area contributed by atoms with E-state index in [1.807, 2.05) is 6.20 Å². The summed E-state index contributed by atoms with van der Waals surface area (Å²) >= 11 is 0. The molecular formula is C74H81N4OPt-3. The van der Waals surface area contributed by atoms with Crippen molar-refractivity contribution in [3.8, 4) is 28.4 Å². The molecule has 0 radical (unpaired) electrons. The summed E-state index contributed by atoms with van der Waals surface area (Å²) in [5, 5.41) is 2.23. The second kappa shape index (κ2) is 21.7. The summed E-state index contributed by atoms with van der Waals surface area (Å²) in [6.45, 7) is 41.3. The van der Waals surface area contributed by atoms with Crippen LogP contribution in [-0.2, 0) is 42.7 Å². The van der Waals surface area contributed by atoms with Gasteiger partial charge in [-0.2, -0.15) is 6.07 Å². The predicted molar refractivity (Wildman–Crippen MR) is 334 cm³/mol. The molecule has 0 unspecified atom stereocenters. The Morgan fingerprint density at radius 3 is 1.69 bits per heavy atom. The van der Waals surface area contributed by atoms with Gasteiger partial charge in [-0.1, -0.05) is 220 Å². The third-order valence-electron chi connectivity index (χ3n) is 16.5. The topological polar surface area (TPSA) is 33.5 Å². The standard InChI is InChI=1S/C74H81N4O.Pt/c1-48(2)61-29-24-30-62(49(3)4)69(61)50-37-58(77-47-76(46-67(77)72(11,12)13)57-40-55(71(8,9)10)39-56(41-57)74(16,17)52-27-22-19-23-28-52)44-60(38-50)79-59-32-33-63-64-42-54(73(14,15)51-25-20-18-21-26-51)31-34-65(64)78(66(63)45-59)68-43-53(35-36-75-68)70(5,6)7;/h18-43,46-49H,1-17H3;/q-3;. The van der Waals surface area contributed by atoms with Gasteiger partial charge < -0.3 is 19.1 Å². The summed E-state index contributed by atoms with van der Waals surface area (Å²) in [4.78, 5) is 9.71. The fourth-order valence-corrected chi connectivity index (χ4v) is 11.4. The Kier molecular flexibility index (Phi) is 15.7. The SMILES string of the molecule is CC(C)c1cccc(C(C)C)c1-c1cc(Oc2[c-]c3c(cc2)c2cc(C(C)(C)c4ccccc4)ccc2n3-c2cc(C(C)(C)C)ccn2)[c-]c(N2[CH-]N(c3cc(C(C)(C)C)cc(C(C)(C)c4ccccc4)c3)C=C2C(C)(C)C)c1.[Pt]. The first-order chi connectivity index (χ1) is 37.2. The molecule has 80 heavy (non-hydrogen) atoms. The first kappa shape index (κ1) is 58.0. The van der Waals surface area contributed by atoms with Crippen LogP contribution in [0.3, 0.4) is 0 Å². The second-order valence-corrected chi connectivity index (χ2v) is 26.8. The van der Waals surface area contributed by atoms with Crippen molar-refractivity contribution in [2.45, 2.75) is 151 Å². The van der Waals surface area contributed by atoms with Gasteiger partial charge in [-0.05, 0) is 115 Å². The summed E-state index contributed by atoms with van der Waals surface area (Å²) in [5.74, 6) is 2.63. The molecule has 0 saturated heterocycles. The summed E-state index contributed by atoms with van der Waals surface area (Å²) in [7, 11) is 0. The zero-order chi connectivity index (χ0) is 56.6. The third-order valence-corrected chi connectivity index (χ3v) is 16.5. The Balaban J connectivity index is 0.00000774. The van der Waals surface area contributed by atoms with E-state index in [9.17, 15) is 0 Å². The number of nitrogens with zero attached hydrogens (tertiary/aromatic N) is 4. The minimum Gasteiger partial charge on any atom is -0.509 e. The quantitative estimate of drug-likeness (QED) is 0.114. The van der Waals surface area contributed by atoms with E-state index >= 15 is 0 Å². The van der Waals surface area contributed by atoms with Crippen LogP contribution in [0.2, 0.25) is 0 Å². The summed E-state index contributed by atoms with van der Waals surface area (Å²) in [5.41, 5.74) is 16.8. The van der Waals surface area contributed by atoms with E-state index in [0.717, 1.165) is 50.3 Å². The fourth-order valence-electron chi connectivity index (χ4n) is 11.4. The molecular weight excluding hydrogens is 1160 g/mol. The fraction of sp³-hybridized carbons (Fsp3) is 0.324. The molecule has 0 bridgehead atoms. The zero-order valence-corrected chi connectivity index (χ0v) is 52.6. The number of ether oxygens (including phenoxy) is 1. The van der Waals surface area contributed by atoms with Crippen LogP contribution in [0.5, 0.6) is 11.5 Å². The van der Waals surface area contributed by atoms with E-state index < -0.39 is 0 Å². The van der Waals surface area contributed by atoms with Crippen LogP contribution in [0.1, 0.15) is 174 Å². The number of pyridine rings is 1. The average molecular weight is 1240 g/mol. The maximum absolute atomic E-state index is 7.21. The number of benzene rings is 7. The molecule has 0 fully saturated rings. The molecule has 1 aliphatic rings. The van der Waals surface area contributed by atoms with Crippen LogP contribution in [0, 0.1) is 24.2 Å². The molecule has 1 aliphatic heterocycles. The molecule has 3 heterocycles. The summed E-state index contributed by atoms with van der Waals surface area (Å²) in [6, 6.07) is 63.4. The van der Waals surface area contributed by atoms with Crippen LogP contribution >= 0.6 is 0 Å². The van der Waals surface area contributed by atoms with E-state index in [2.05, 4.69) is 309 Å². The van der Waals surface area contributed by atoms with Gasteiger partial charge in [-0.3, -0.25) is 0 Å². The Morgan fingerprint density at radius 2 is 1.10 bits per heavy atom. The van der Waals surface area contributed by atoms with E-state index in [1.165, 1.54) is 50.1 Å². The predicted octanol–water partition coefficient (Wildman–Crippen LogP) is 20.1. The molecule has 416 valence electrons. The largest absolute Gasteiger partial charge is 0.509 e. The van der Waals surface area contributed by atoms with Gasteiger partial charge in [0.1, 0.15) is 5.82 Å². The van der Waals surface area contributed by atoms with Crippen LogP contribution in [0.15, 0.2) is 170 Å². The Hall–Kier alpha value is -6.68. The molecule has 0 spiro atoms. The van der Waals surface area contributed by atoms with Gasteiger partial charge in [0.15, 0.2) is 0 Å². The number of hydrogen-bond acceptors (Lipinski definition) is 4. The smallest absolute Gasteiger partial charge is 0.135 e. The van der Waals surface area contributed by atoms with Crippen molar-refractivity contribution in [3.63, 3.8) is 0 Å². The van der Waals surface area contributed by atoms with Gasteiger partial charge in [0.05, 0.1) is 0 Å². The Labute approximate surface area is 493 Å². The van der Waals surface area contributed by atoms with Gasteiger partial charge in [-0.25, -0.2) is 4.98 Å². The van der Waals surface area contributed by atoms with Gasteiger partial charge in [0.25, 0.3) is 0 Å². The van der Waals surface area contributed by atoms with Crippen molar-refractivity contribution in [1.82, 2.24) is 9.55 Å². The van der Waals surface area contributed by atoms with Crippen molar-refractivity contribution in [1.29, 1.82) is 0 Å². The average Bonchev–Trinajstić information content (AvgIpc) is 4.05.